The Hall–Kier alpha value is -1.30. The molecule has 0 fully saturated rings. The number of hydrogen-bond acceptors (Lipinski definition) is 2. The van der Waals surface area contributed by atoms with E-state index >= 15 is 0 Å². The summed E-state index contributed by atoms with van der Waals surface area (Å²) in [5.74, 6) is -0.514. The Morgan fingerprint density at radius 1 is 1.47 bits per heavy atom. The Morgan fingerprint density at radius 3 is 2.67 bits per heavy atom. The molecule has 0 saturated carbocycles. The molecule has 0 aliphatic rings. The number of nitrogens with two attached hydrogens (primary N) is 1. The van der Waals surface area contributed by atoms with Gasteiger partial charge in [-0.05, 0) is 18.2 Å². The van der Waals surface area contributed by atoms with Crippen molar-refractivity contribution in [3.05, 3.63) is 29.6 Å². The van der Waals surface area contributed by atoms with E-state index in [1.54, 1.807) is 0 Å². The summed E-state index contributed by atoms with van der Waals surface area (Å²) in [5.41, 5.74) is 5.86. The highest BCUT2D eigenvalue weighted by Crippen LogP contribution is 2.17. The summed E-state index contributed by atoms with van der Waals surface area (Å²) < 4.78 is 36.7. The lowest BCUT2D eigenvalue weighted by Gasteiger charge is -2.10. The summed E-state index contributed by atoms with van der Waals surface area (Å²) in [7, 11) is 0. The van der Waals surface area contributed by atoms with E-state index in [9.17, 15) is 13.2 Å². The molecule has 1 aromatic carbocycles. The van der Waals surface area contributed by atoms with Crippen molar-refractivity contribution < 1.29 is 13.2 Å². The highest BCUT2D eigenvalue weighted by Gasteiger charge is 2.08. The van der Waals surface area contributed by atoms with Gasteiger partial charge in [0, 0.05) is 11.3 Å². The molecule has 0 atom stereocenters. The van der Waals surface area contributed by atoms with E-state index in [-0.39, 0.29) is 10.6 Å². The predicted octanol–water partition coefficient (Wildman–Crippen LogP) is 2.14. The number of benzene rings is 1. The quantitative estimate of drug-likeness (QED) is 0.784. The zero-order valence-electron chi connectivity index (χ0n) is 7.64. The van der Waals surface area contributed by atoms with Crippen molar-refractivity contribution in [1.82, 2.24) is 0 Å². The number of rotatable bonds is 4. The van der Waals surface area contributed by atoms with Gasteiger partial charge in [0.1, 0.15) is 10.8 Å². The van der Waals surface area contributed by atoms with Crippen LogP contribution in [0.5, 0.6) is 0 Å². The summed E-state index contributed by atoms with van der Waals surface area (Å²) in [6.07, 6.45) is -2.49. The minimum Gasteiger partial charge on any atom is -0.389 e. The third-order valence-corrected chi connectivity index (χ3v) is 1.91. The van der Waals surface area contributed by atoms with Crippen molar-refractivity contribution in [1.29, 1.82) is 0 Å². The molecule has 0 heterocycles. The van der Waals surface area contributed by atoms with Gasteiger partial charge in [0.05, 0.1) is 6.54 Å². The minimum atomic E-state index is -2.49. The Morgan fingerprint density at radius 2 is 2.13 bits per heavy atom. The van der Waals surface area contributed by atoms with Gasteiger partial charge in [-0.1, -0.05) is 12.2 Å². The molecule has 0 saturated heterocycles. The molecule has 0 aliphatic heterocycles. The molecule has 0 spiro atoms. The van der Waals surface area contributed by atoms with E-state index in [0.29, 0.717) is 5.69 Å². The normalized spacial score (nSPS) is 10.4. The molecular formula is C9H9F3N2S. The first kappa shape index (κ1) is 11.8. The van der Waals surface area contributed by atoms with Gasteiger partial charge in [0.25, 0.3) is 6.43 Å². The van der Waals surface area contributed by atoms with Gasteiger partial charge in [-0.25, -0.2) is 13.2 Å². The monoisotopic (exact) mass is 234 g/mol. The van der Waals surface area contributed by atoms with Crippen LogP contribution in [-0.4, -0.2) is 18.0 Å². The SMILES string of the molecule is NC(=S)c1cc(F)ccc1NCC(F)F. The van der Waals surface area contributed by atoms with Crippen LogP contribution in [0.3, 0.4) is 0 Å². The van der Waals surface area contributed by atoms with Gasteiger partial charge in [-0.2, -0.15) is 0 Å². The Bertz CT molecular complexity index is 368. The lowest BCUT2D eigenvalue weighted by Crippen LogP contribution is -2.16. The molecule has 1 aromatic rings. The molecule has 2 nitrogen and oxygen atoms in total. The third-order valence-electron chi connectivity index (χ3n) is 1.69. The number of halogens is 3. The number of thiocarbonyl (C=S) groups is 1. The highest BCUT2D eigenvalue weighted by atomic mass is 32.1. The molecule has 0 bridgehead atoms. The summed E-state index contributed by atoms with van der Waals surface area (Å²) in [6, 6.07) is 3.58. The van der Waals surface area contributed by atoms with Crippen LogP contribution in [0.15, 0.2) is 18.2 Å². The summed E-state index contributed by atoms with van der Waals surface area (Å²) in [4.78, 5) is -0.0359. The Kier molecular flexibility index (Phi) is 3.90. The zero-order chi connectivity index (χ0) is 11.4. The van der Waals surface area contributed by atoms with E-state index in [1.807, 2.05) is 0 Å². The first-order valence-electron chi connectivity index (χ1n) is 4.12. The summed E-state index contributed by atoms with van der Waals surface area (Å²) in [6.45, 7) is -0.527. The average molecular weight is 234 g/mol. The maximum atomic E-state index is 12.8. The number of nitrogens with one attached hydrogen (secondary N) is 1. The molecular weight excluding hydrogens is 225 g/mol. The van der Waals surface area contributed by atoms with Crippen LogP contribution in [0, 0.1) is 5.82 Å². The van der Waals surface area contributed by atoms with Crippen molar-refractivity contribution in [2.24, 2.45) is 5.73 Å². The van der Waals surface area contributed by atoms with Gasteiger partial charge in [0.2, 0.25) is 0 Å². The first-order valence-corrected chi connectivity index (χ1v) is 4.53. The van der Waals surface area contributed by atoms with Crippen LogP contribution >= 0.6 is 12.2 Å². The van der Waals surface area contributed by atoms with Crippen LogP contribution in [0.25, 0.3) is 0 Å². The Labute approximate surface area is 90.3 Å². The van der Waals surface area contributed by atoms with Crippen LogP contribution in [0.2, 0.25) is 0 Å². The fourth-order valence-electron chi connectivity index (χ4n) is 1.06. The van der Waals surface area contributed by atoms with Crippen LogP contribution < -0.4 is 11.1 Å². The predicted molar refractivity (Wildman–Crippen MR) is 56.8 cm³/mol. The second kappa shape index (κ2) is 4.97. The topological polar surface area (TPSA) is 38.0 Å². The molecule has 15 heavy (non-hydrogen) atoms. The second-order valence-electron chi connectivity index (χ2n) is 2.83. The van der Waals surface area contributed by atoms with Gasteiger partial charge >= 0.3 is 0 Å². The van der Waals surface area contributed by atoms with Gasteiger partial charge in [-0.15, -0.1) is 0 Å². The lowest BCUT2D eigenvalue weighted by molar-refractivity contribution is 0.163. The summed E-state index contributed by atoms with van der Waals surface area (Å²) in [5, 5.41) is 2.44. The molecule has 0 aliphatic carbocycles. The smallest absolute Gasteiger partial charge is 0.255 e. The molecule has 0 amide bonds. The van der Waals surface area contributed by atoms with Crippen molar-refractivity contribution in [2.75, 3.05) is 11.9 Å². The number of alkyl halides is 2. The van der Waals surface area contributed by atoms with Crippen LogP contribution in [0.1, 0.15) is 5.56 Å². The van der Waals surface area contributed by atoms with Crippen molar-refractivity contribution in [3.63, 3.8) is 0 Å². The largest absolute Gasteiger partial charge is 0.389 e. The van der Waals surface area contributed by atoms with Gasteiger partial charge in [-0.3, -0.25) is 0 Å². The van der Waals surface area contributed by atoms with Crippen molar-refractivity contribution in [3.8, 4) is 0 Å². The van der Waals surface area contributed by atoms with Crippen molar-refractivity contribution >= 4 is 22.9 Å². The fourth-order valence-corrected chi connectivity index (χ4v) is 1.23. The molecule has 1 rings (SSSR count). The van der Waals surface area contributed by atoms with Gasteiger partial charge in [0.15, 0.2) is 0 Å². The second-order valence-corrected chi connectivity index (χ2v) is 3.27. The molecule has 0 unspecified atom stereocenters. The lowest BCUT2D eigenvalue weighted by atomic mass is 10.1. The van der Waals surface area contributed by atoms with Crippen LogP contribution in [0.4, 0.5) is 18.9 Å². The molecule has 3 N–H and O–H groups in total. The highest BCUT2D eigenvalue weighted by molar-refractivity contribution is 7.80. The van der Waals surface area contributed by atoms with E-state index in [0.717, 1.165) is 12.1 Å². The van der Waals surface area contributed by atoms with E-state index < -0.39 is 18.8 Å². The average Bonchev–Trinajstić information content (AvgIpc) is 2.15. The van der Waals surface area contributed by atoms with E-state index in [1.165, 1.54) is 6.07 Å². The molecule has 0 radical (unpaired) electrons. The Balaban J connectivity index is 2.91. The molecule has 6 heteroatoms. The van der Waals surface area contributed by atoms with Crippen LogP contribution in [-0.2, 0) is 0 Å². The van der Waals surface area contributed by atoms with E-state index in [2.05, 4.69) is 17.5 Å². The third kappa shape index (κ3) is 3.39. The number of anilines is 1. The molecule has 82 valence electrons. The van der Waals surface area contributed by atoms with Gasteiger partial charge < -0.3 is 11.1 Å². The maximum absolute atomic E-state index is 12.8. The van der Waals surface area contributed by atoms with Crippen molar-refractivity contribution in [2.45, 2.75) is 6.43 Å². The maximum Gasteiger partial charge on any atom is 0.255 e. The zero-order valence-corrected chi connectivity index (χ0v) is 8.45. The molecule has 0 aromatic heterocycles. The van der Waals surface area contributed by atoms with E-state index in [4.69, 9.17) is 5.73 Å². The first-order chi connectivity index (χ1) is 7.00. The standard InChI is InChI=1S/C9H9F3N2S/c10-5-1-2-7(14-4-8(11)12)6(3-5)9(13)15/h1-3,8,14H,4H2,(H2,13,15). The number of hydrogen-bond donors (Lipinski definition) is 2. The summed E-state index contributed by atoms with van der Waals surface area (Å²) >= 11 is 4.67. The fraction of sp³-hybridized carbons (Fsp3) is 0.222. The minimum absolute atomic E-state index is 0.0359.